The number of nitrogens with zero attached hydrogens (tertiary/aromatic N) is 1. The van der Waals surface area contributed by atoms with Gasteiger partial charge in [0.15, 0.2) is 0 Å². The fourth-order valence-corrected chi connectivity index (χ4v) is 3.92. The van der Waals surface area contributed by atoms with E-state index in [1.807, 2.05) is 44.2 Å². The van der Waals surface area contributed by atoms with Crippen LogP contribution >= 0.6 is 0 Å². The van der Waals surface area contributed by atoms with Crippen LogP contribution < -0.4 is 5.32 Å². The number of hydrogen-bond acceptors (Lipinski definition) is 7. The Morgan fingerprint density at radius 1 is 1.15 bits per heavy atom. The summed E-state index contributed by atoms with van der Waals surface area (Å²) < 4.78 is 16.0. The molecule has 1 saturated heterocycles. The number of carbonyl (C=O) groups excluding carboxylic acids is 3. The van der Waals surface area contributed by atoms with Gasteiger partial charge in [-0.15, -0.1) is 0 Å². The molecule has 0 bridgehead atoms. The molecule has 0 saturated carbocycles. The minimum atomic E-state index is -0.839. The normalized spacial score (nSPS) is 19.3. The van der Waals surface area contributed by atoms with Crippen molar-refractivity contribution in [2.45, 2.75) is 65.7 Å². The monoisotopic (exact) mass is 462 g/mol. The lowest BCUT2D eigenvalue weighted by molar-refractivity contribution is -0.152. The van der Waals surface area contributed by atoms with Crippen LogP contribution in [-0.4, -0.2) is 61.3 Å². The zero-order valence-electron chi connectivity index (χ0n) is 20.7. The average molecular weight is 463 g/mol. The van der Waals surface area contributed by atoms with Crippen LogP contribution in [0.1, 0.15) is 53.0 Å². The van der Waals surface area contributed by atoms with Crippen molar-refractivity contribution in [3.63, 3.8) is 0 Å². The molecule has 2 atom stereocenters. The molecule has 8 heteroatoms. The smallest absolute Gasteiger partial charge is 0.410 e. The molecule has 0 aromatic heterocycles. The van der Waals surface area contributed by atoms with Gasteiger partial charge in [0.1, 0.15) is 18.2 Å². The lowest BCUT2D eigenvalue weighted by Crippen LogP contribution is -2.46. The molecule has 1 aromatic carbocycles. The molecule has 33 heavy (non-hydrogen) atoms. The van der Waals surface area contributed by atoms with E-state index in [0.29, 0.717) is 25.9 Å². The highest BCUT2D eigenvalue weighted by Crippen LogP contribution is 2.36. The van der Waals surface area contributed by atoms with Crippen LogP contribution in [0.25, 0.3) is 0 Å². The Morgan fingerprint density at radius 2 is 1.82 bits per heavy atom. The van der Waals surface area contributed by atoms with Crippen molar-refractivity contribution in [2.24, 2.45) is 11.3 Å². The van der Waals surface area contributed by atoms with E-state index in [1.54, 1.807) is 25.7 Å². The van der Waals surface area contributed by atoms with Crippen molar-refractivity contribution < 1.29 is 28.6 Å². The van der Waals surface area contributed by atoms with Gasteiger partial charge in [-0.1, -0.05) is 44.2 Å². The summed E-state index contributed by atoms with van der Waals surface area (Å²) >= 11 is 0. The molecule has 1 heterocycles. The lowest BCUT2D eigenvalue weighted by Gasteiger charge is -2.29. The van der Waals surface area contributed by atoms with Gasteiger partial charge in [0, 0.05) is 13.1 Å². The zero-order chi connectivity index (χ0) is 24.6. The Hall–Kier alpha value is -2.61. The Balaban J connectivity index is 1.97. The van der Waals surface area contributed by atoms with Gasteiger partial charge in [0.05, 0.1) is 12.5 Å². The van der Waals surface area contributed by atoms with Crippen molar-refractivity contribution in [1.82, 2.24) is 10.2 Å². The molecule has 2 unspecified atom stereocenters. The Morgan fingerprint density at radius 3 is 2.39 bits per heavy atom. The van der Waals surface area contributed by atoms with Crippen molar-refractivity contribution in [3.8, 4) is 0 Å². The number of esters is 2. The van der Waals surface area contributed by atoms with Gasteiger partial charge in [0.25, 0.3) is 0 Å². The van der Waals surface area contributed by atoms with Crippen LogP contribution in [0.3, 0.4) is 0 Å². The molecule has 0 spiro atoms. The van der Waals surface area contributed by atoms with Gasteiger partial charge in [0.2, 0.25) is 0 Å². The summed E-state index contributed by atoms with van der Waals surface area (Å²) in [5, 5.41) is 3.25. The van der Waals surface area contributed by atoms with E-state index >= 15 is 0 Å². The van der Waals surface area contributed by atoms with E-state index < -0.39 is 23.2 Å². The highest BCUT2D eigenvalue weighted by Gasteiger charge is 2.47. The average Bonchev–Trinajstić information content (AvgIpc) is 3.19. The van der Waals surface area contributed by atoms with E-state index in [1.165, 1.54) is 7.11 Å². The van der Waals surface area contributed by atoms with Gasteiger partial charge < -0.3 is 24.4 Å². The largest absolute Gasteiger partial charge is 0.469 e. The van der Waals surface area contributed by atoms with Crippen molar-refractivity contribution >= 4 is 18.0 Å². The summed E-state index contributed by atoms with van der Waals surface area (Å²) in [5.41, 5.74) is -0.528. The summed E-state index contributed by atoms with van der Waals surface area (Å²) in [6.45, 7) is 10.6. The number of likely N-dealkylation sites (tertiary alicyclic amines) is 1. The summed E-state index contributed by atoms with van der Waals surface area (Å²) in [7, 11) is 1.35. The standard InChI is InChI=1S/C25H38N2O6/c1-18(2)20(21(28)32-16-19-10-8-7-9-11-19)26-14-12-25(22(29)31-6)13-15-27(17-25)23(30)33-24(3,4)5/h7-11,18,20,26H,12-17H2,1-6H3. The van der Waals surface area contributed by atoms with Crippen LogP contribution in [0.5, 0.6) is 0 Å². The fraction of sp³-hybridized carbons (Fsp3) is 0.640. The van der Waals surface area contributed by atoms with E-state index in [4.69, 9.17) is 14.2 Å². The quantitative estimate of drug-likeness (QED) is 0.443. The van der Waals surface area contributed by atoms with Crippen molar-refractivity contribution in [2.75, 3.05) is 26.7 Å². The third-order valence-corrected chi connectivity index (χ3v) is 5.74. The minimum absolute atomic E-state index is 0.00388. The van der Waals surface area contributed by atoms with Crippen molar-refractivity contribution in [3.05, 3.63) is 35.9 Å². The summed E-state index contributed by atoms with van der Waals surface area (Å²) in [5.74, 6) is -0.685. The van der Waals surface area contributed by atoms with E-state index in [-0.39, 0.29) is 31.0 Å². The maximum atomic E-state index is 12.7. The van der Waals surface area contributed by atoms with Crippen LogP contribution in [0, 0.1) is 11.3 Å². The number of hydrogen-bond donors (Lipinski definition) is 1. The van der Waals surface area contributed by atoms with Gasteiger partial charge in [-0.25, -0.2) is 4.79 Å². The highest BCUT2D eigenvalue weighted by atomic mass is 16.6. The van der Waals surface area contributed by atoms with Crippen LogP contribution in [0.2, 0.25) is 0 Å². The third-order valence-electron chi connectivity index (χ3n) is 5.74. The van der Waals surface area contributed by atoms with Crippen molar-refractivity contribution in [1.29, 1.82) is 0 Å². The zero-order valence-corrected chi connectivity index (χ0v) is 20.7. The SMILES string of the molecule is COC(=O)C1(CCNC(C(=O)OCc2ccccc2)C(C)C)CCN(C(=O)OC(C)(C)C)C1. The molecule has 1 N–H and O–H groups in total. The predicted molar refractivity (Wildman–Crippen MR) is 124 cm³/mol. The number of methoxy groups -OCH3 is 1. The van der Waals surface area contributed by atoms with Gasteiger partial charge in [-0.05, 0) is 51.6 Å². The van der Waals surface area contributed by atoms with Gasteiger partial charge in [-0.3, -0.25) is 9.59 Å². The number of ether oxygens (including phenoxy) is 3. The first-order chi connectivity index (χ1) is 15.5. The fourth-order valence-electron chi connectivity index (χ4n) is 3.92. The molecular weight excluding hydrogens is 424 g/mol. The molecular formula is C25H38N2O6. The van der Waals surface area contributed by atoms with Crippen LogP contribution in [0.15, 0.2) is 30.3 Å². The number of benzene rings is 1. The number of rotatable bonds is 9. The summed E-state index contributed by atoms with van der Waals surface area (Å²) in [6, 6.07) is 9.01. The predicted octanol–water partition coefficient (Wildman–Crippen LogP) is 3.53. The molecule has 184 valence electrons. The van der Waals surface area contributed by atoms with Crippen LogP contribution in [0.4, 0.5) is 4.79 Å². The Bertz CT molecular complexity index is 805. The second-order valence-corrected chi connectivity index (χ2v) is 9.94. The molecule has 8 nitrogen and oxygen atoms in total. The lowest BCUT2D eigenvalue weighted by atomic mass is 9.83. The number of nitrogens with one attached hydrogen (secondary N) is 1. The maximum Gasteiger partial charge on any atom is 0.410 e. The second kappa shape index (κ2) is 11.5. The number of amides is 1. The number of carbonyl (C=O) groups is 3. The van der Waals surface area contributed by atoms with E-state index in [9.17, 15) is 14.4 Å². The summed E-state index contributed by atoms with van der Waals surface area (Å²) in [4.78, 5) is 39.4. The topological polar surface area (TPSA) is 94.2 Å². The molecule has 2 rings (SSSR count). The third kappa shape index (κ3) is 7.74. The van der Waals surface area contributed by atoms with Crippen LogP contribution in [-0.2, 0) is 30.4 Å². The maximum absolute atomic E-state index is 12.7. The molecule has 1 amide bonds. The Kier molecular flexibility index (Phi) is 9.28. The highest BCUT2D eigenvalue weighted by molar-refractivity contribution is 5.79. The van der Waals surface area contributed by atoms with Gasteiger partial charge in [-0.2, -0.15) is 0 Å². The minimum Gasteiger partial charge on any atom is -0.469 e. The van der Waals surface area contributed by atoms with E-state index in [0.717, 1.165) is 5.56 Å². The molecule has 0 radical (unpaired) electrons. The molecule has 1 aromatic rings. The van der Waals surface area contributed by atoms with E-state index in [2.05, 4.69) is 5.32 Å². The first-order valence-corrected chi connectivity index (χ1v) is 11.5. The molecule has 1 aliphatic heterocycles. The molecule has 0 aliphatic carbocycles. The van der Waals surface area contributed by atoms with Gasteiger partial charge >= 0.3 is 18.0 Å². The summed E-state index contributed by atoms with van der Waals surface area (Å²) in [6.07, 6.45) is 0.463. The molecule has 1 aliphatic rings. The Labute approximate surface area is 196 Å². The first-order valence-electron chi connectivity index (χ1n) is 11.5. The second-order valence-electron chi connectivity index (χ2n) is 9.94. The first kappa shape index (κ1) is 26.6. The molecule has 1 fully saturated rings.